The fourth-order valence-corrected chi connectivity index (χ4v) is 5.86. The second-order valence-electron chi connectivity index (χ2n) is 9.76. The fourth-order valence-electron chi connectivity index (χ4n) is 5.86. The van der Waals surface area contributed by atoms with Crippen molar-refractivity contribution in [3.63, 3.8) is 0 Å². The minimum atomic E-state index is 0.151. The number of rotatable bonds is 5. The smallest absolute Gasteiger partial charge is 0.254 e. The molecule has 1 amide bonds. The van der Waals surface area contributed by atoms with Crippen LogP contribution in [0.5, 0.6) is 0 Å². The van der Waals surface area contributed by atoms with Crippen molar-refractivity contribution in [1.82, 2.24) is 9.80 Å². The second kappa shape index (κ2) is 8.68. The van der Waals surface area contributed by atoms with Crippen LogP contribution in [0.3, 0.4) is 0 Å². The van der Waals surface area contributed by atoms with Crippen molar-refractivity contribution < 1.29 is 9.90 Å². The highest BCUT2D eigenvalue weighted by molar-refractivity contribution is 6.10. The third-order valence-corrected chi connectivity index (χ3v) is 7.21. The van der Waals surface area contributed by atoms with Gasteiger partial charge in [-0.25, -0.2) is 0 Å². The largest absolute Gasteiger partial charge is 0.396 e. The molecule has 0 spiro atoms. The summed E-state index contributed by atoms with van der Waals surface area (Å²) in [5, 5.41) is 11.8. The van der Waals surface area contributed by atoms with Crippen molar-refractivity contribution in [3.05, 3.63) is 71.8 Å². The first-order valence-corrected chi connectivity index (χ1v) is 11.7. The zero-order valence-electron chi connectivity index (χ0n) is 19.0. The second-order valence-corrected chi connectivity index (χ2v) is 9.76. The lowest BCUT2D eigenvalue weighted by atomic mass is 9.90. The lowest BCUT2D eigenvalue weighted by Gasteiger charge is -2.38. The highest BCUT2D eigenvalue weighted by Crippen LogP contribution is 2.40. The van der Waals surface area contributed by atoms with Crippen LogP contribution in [0.1, 0.15) is 41.6 Å². The van der Waals surface area contributed by atoms with Crippen molar-refractivity contribution in [2.75, 3.05) is 20.7 Å². The molecule has 3 atom stereocenters. The SMILES string of the molecule is CN(C)Cc1cccc(-c2cccc3c(C(=O)N4[C@@H]5CC[C@H]4CC(CO)C5)cccc23)c1. The Morgan fingerprint density at radius 1 is 0.969 bits per heavy atom. The highest BCUT2D eigenvalue weighted by atomic mass is 16.3. The van der Waals surface area contributed by atoms with E-state index in [2.05, 4.69) is 72.4 Å². The van der Waals surface area contributed by atoms with Gasteiger partial charge >= 0.3 is 0 Å². The highest BCUT2D eigenvalue weighted by Gasteiger charge is 2.43. The van der Waals surface area contributed by atoms with Crippen molar-refractivity contribution in [2.45, 2.75) is 44.3 Å². The maximum Gasteiger partial charge on any atom is 0.254 e. The molecule has 2 bridgehead atoms. The third-order valence-electron chi connectivity index (χ3n) is 7.21. The molecule has 0 aliphatic carbocycles. The van der Waals surface area contributed by atoms with Gasteiger partial charge in [0, 0.05) is 30.8 Å². The van der Waals surface area contributed by atoms with Crippen LogP contribution in [-0.4, -0.2) is 53.6 Å². The van der Waals surface area contributed by atoms with Crippen molar-refractivity contribution >= 4 is 16.7 Å². The van der Waals surface area contributed by atoms with Gasteiger partial charge in [-0.05, 0) is 85.3 Å². The van der Waals surface area contributed by atoms with Gasteiger partial charge in [0.1, 0.15) is 0 Å². The number of benzene rings is 3. The molecule has 0 aromatic heterocycles. The molecule has 2 aliphatic heterocycles. The van der Waals surface area contributed by atoms with Gasteiger partial charge in [0.05, 0.1) is 0 Å². The van der Waals surface area contributed by atoms with Crippen LogP contribution in [0.15, 0.2) is 60.7 Å². The Morgan fingerprint density at radius 3 is 2.38 bits per heavy atom. The molecule has 1 N–H and O–H groups in total. The molecule has 4 nitrogen and oxygen atoms in total. The predicted molar refractivity (Wildman–Crippen MR) is 130 cm³/mol. The van der Waals surface area contributed by atoms with Crippen LogP contribution in [0, 0.1) is 5.92 Å². The summed E-state index contributed by atoms with van der Waals surface area (Å²) < 4.78 is 0. The van der Waals surface area contributed by atoms with E-state index in [-0.39, 0.29) is 24.6 Å². The van der Waals surface area contributed by atoms with E-state index in [9.17, 15) is 9.90 Å². The summed E-state index contributed by atoms with van der Waals surface area (Å²) in [6.45, 7) is 1.13. The van der Waals surface area contributed by atoms with E-state index >= 15 is 0 Å². The Bertz CT molecular complexity index is 1130. The number of fused-ring (bicyclic) bond motifs is 3. The molecule has 32 heavy (non-hydrogen) atoms. The summed E-state index contributed by atoms with van der Waals surface area (Å²) >= 11 is 0. The van der Waals surface area contributed by atoms with Crippen molar-refractivity contribution in [3.8, 4) is 11.1 Å². The predicted octanol–water partition coefficient (Wildman–Crippen LogP) is 4.94. The standard InChI is InChI=1S/C28H32N2O2/c1-29(2)17-19-6-3-7-21(14-19)24-8-4-10-26-25(24)9-5-11-27(26)28(32)30-22-12-13-23(30)16-20(15-22)18-31/h3-11,14,20,22-23,31H,12-13,15-18H2,1-2H3/t20?,22-,23+. The monoisotopic (exact) mass is 428 g/mol. The maximum absolute atomic E-state index is 13.8. The van der Waals surface area contributed by atoms with Crippen molar-refractivity contribution in [1.29, 1.82) is 0 Å². The number of carbonyl (C=O) groups excluding carboxylic acids is 1. The van der Waals surface area contributed by atoms with E-state index in [1.165, 1.54) is 16.7 Å². The number of piperidine rings is 1. The average molecular weight is 429 g/mol. The minimum Gasteiger partial charge on any atom is -0.396 e. The molecule has 0 saturated carbocycles. The summed E-state index contributed by atoms with van der Waals surface area (Å²) in [7, 11) is 4.16. The van der Waals surface area contributed by atoms with E-state index < -0.39 is 0 Å². The van der Waals surface area contributed by atoms with Gasteiger partial charge in [0.2, 0.25) is 0 Å². The van der Waals surface area contributed by atoms with E-state index in [0.29, 0.717) is 5.92 Å². The zero-order chi connectivity index (χ0) is 22.2. The van der Waals surface area contributed by atoms with Crippen molar-refractivity contribution in [2.24, 2.45) is 5.92 Å². The molecular formula is C28H32N2O2. The van der Waals surface area contributed by atoms with Gasteiger partial charge in [-0.15, -0.1) is 0 Å². The number of hydrogen-bond donors (Lipinski definition) is 1. The van der Waals surface area contributed by atoms with Gasteiger partial charge < -0.3 is 14.9 Å². The van der Waals surface area contributed by atoms with Crippen LogP contribution in [0.25, 0.3) is 21.9 Å². The third kappa shape index (κ3) is 3.82. The minimum absolute atomic E-state index is 0.151. The van der Waals surface area contributed by atoms with E-state index in [1.54, 1.807) is 0 Å². The molecule has 166 valence electrons. The average Bonchev–Trinajstić information content (AvgIpc) is 3.06. The Morgan fingerprint density at radius 2 is 1.66 bits per heavy atom. The first kappa shape index (κ1) is 21.2. The summed E-state index contributed by atoms with van der Waals surface area (Å²) in [5.41, 5.74) is 4.43. The molecule has 3 aromatic carbocycles. The molecule has 3 aromatic rings. The summed E-state index contributed by atoms with van der Waals surface area (Å²) in [6.07, 6.45) is 3.96. The van der Waals surface area contributed by atoms with Crippen LogP contribution < -0.4 is 0 Å². The summed E-state index contributed by atoms with van der Waals surface area (Å²) in [4.78, 5) is 18.1. The number of nitrogens with zero attached hydrogens (tertiary/aromatic N) is 2. The normalized spacial score (nSPS) is 22.6. The van der Waals surface area contributed by atoms with E-state index in [0.717, 1.165) is 48.6 Å². The van der Waals surface area contributed by atoms with E-state index in [4.69, 9.17) is 0 Å². The van der Waals surface area contributed by atoms with Gasteiger partial charge in [0.15, 0.2) is 0 Å². The number of amides is 1. The Labute approximate surface area is 190 Å². The molecular weight excluding hydrogens is 396 g/mol. The first-order valence-electron chi connectivity index (χ1n) is 11.7. The van der Waals surface area contributed by atoms with Gasteiger partial charge in [0.25, 0.3) is 5.91 Å². The molecule has 2 heterocycles. The molecule has 2 aliphatic rings. The number of aliphatic hydroxyl groups is 1. The fraction of sp³-hybridized carbons (Fsp3) is 0.393. The molecule has 2 saturated heterocycles. The summed E-state index contributed by atoms with van der Waals surface area (Å²) in [6, 6.07) is 21.6. The zero-order valence-corrected chi connectivity index (χ0v) is 19.0. The lowest BCUT2D eigenvalue weighted by molar-refractivity contribution is 0.0455. The molecule has 0 radical (unpaired) electrons. The Balaban J connectivity index is 1.53. The molecule has 2 fully saturated rings. The molecule has 4 heteroatoms. The summed E-state index contributed by atoms with van der Waals surface area (Å²) in [5.74, 6) is 0.489. The number of aliphatic hydroxyl groups excluding tert-OH is 1. The molecule has 1 unspecified atom stereocenters. The lowest BCUT2D eigenvalue weighted by Crippen LogP contribution is -2.47. The Hall–Kier alpha value is -2.69. The number of carbonyl (C=O) groups is 1. The van der Waals surface area contributed by atoms with Gasteiger partial charge in [-0.3, -0.25) is 4.79 Å². The topological polar surface area (TPSA) is 43.8 Å². The maximum atomic E-state index is 13.8. The number of hydrogen-bond acceptors (Lipinski definition) is 3. The van der Waals surface area contributed by atoms with Crippen LogP contribution in [0.4, 0.5) is 0 Å². The quantitative estimate of drug-likeness (QED) is 0.626. The van der Waals surface area contributed by atoms with Crippen LogP contribution in [-0.2, 0) is 6.54 Å². The van der Waals surface area contributed by atoms with Gasteiger partial charge in [-0.1, -0.05) is 48.5 Å². The van der Waals surface area contributed by atoms with Crippen LogP contribution >= 0.6 is 0 Å². The van der Waals surface area contributed by atoms with E-state index in [1.807, 2.05) is 12.1 Å². The first-order chi connectivity index (χ1) is 15.5. The van der Waals surface area contributed by atoms with Gasteiger partial charge in [-0.2, -0.15) is 0 Å². The Kier molecular flexibility index (Phi) is 5.75. The van der Waals surface area contributed by atoms with Crippen LogP contribution in [0.2, 0.25) is 0 Å². The molecule has 5 rings (SSSR count).